The van der Waals surface area contributed by atoms with Crippen LogP contribution in [0.4, 0.5) is 0 Å². The molecule has 0 saturated carbocycles. The largest absolute Gasteiger partial charge is 0.261 e. The minimum Gasteiger partial charge on any atom is -0.261 e. The first-order valence-electron chi connectivity index (χ1n) is 5.56. The Balaban J connectivity index is 5.20. The van der Waals surface area contributed by atoms with E-state index in [4.69, 9.17) is 0 Å². The maximum Gasteiger partial charge on any atom is 0.0463 e. The number of rotatable bonds is 5. The van der Waals surface area contributed by atoms with Crippen LogP contribution < -0.4 is 0 Å². The number of aliphatic imine (C=N–C) groups is 1. The number of hydrogen-bond donors (Lipinski definition) is 0. The minimum absolute atomic E-state index is 0.432. The lowest BCUT2D eigenvalue weighted by molar-refractivity contribution is 0.774. The molecule has 0 bridgehead atoms. The van der Waals surface area contributed by atoms with Crippen molar-refractivity contribution in [2.75, 3.05) is 0 Å². The van der Waals surface area contributed by atoms with E-state index in [0.717, 1.165) is 5.71 Å². The van der Waals surface area contributed by atoms with Gasteiger partial charge in [-0.2, -0.15) is 0 Å². The van der Waals surface area contributed by atoms with Gasteiger partial charge < -0.3 is 0 Å². The van der Waals surface area contributed by atoms with Crippen molar-refractivity contribution in [2.24, 2.45) is 16.8 Å². The molecule has 0 aliphatic heterocycles. The van der Waals surface area contributed by atoms with Crippen LogP contribution in [0.25, 0.3) is 0 Å². The van der Waals surface area contributed by atoms with Gasteiger partial charge in [-0.15, -0.1) is 0 Å². The molecule has 0 radical (unpaired) electrons. The Bertz CT molecular complexity index is 278. The van der Waals surface area contributed by atoms with Crippen molar-refractivity contribution in [3.05, 3.63) is 36.6 Å². The highest BCUT2D eigenvalue weighted by Gasteiger charge is 2.13. The van der Waals surface area contributed by atoms with E-state index >= 15 is 0 Å². The summed E-state index contributed by atoms with van der Waals surface area (Å²) in [5.74, 6) is 0.921. The second-order valence-corrected chi connectivity index (χ2v) is 4.15. The topological polar surface area (TPSA) is 12.4 Å². The third-order valence-corrected chi connectivity index (χ3v) is 2.16. The Kier molecular flexibility index (Phi) is 6.68. The summed E-state index contributed by atoms with van der Waals surface area (Å²) in [5, 5.41) is 0. The Morgan fingerprint density at radius 1 is 1.13 bits per heavy atom. The van der Waals surface area contributed by atoms with Gasteiger partial charge in [0.2, 0.25) is 0 Å². The van der Waals surface area contributed by atoms with E-state index in [1.54, 1.807) is 6.20 Å². The summed E-state index contributed by atoms with van der Waals surface area (Å²) in [4.78, 5) is 4.38. The molecule has 0 saturated heterocycles. The van der Waals surface area contributed by atoms with Crippen LogP contribution in [-0.4, -0.2) is 5.71 Å². The zero-order valence-electron chi connectivity index (χ0n) is 10.6. The molecule has 0 fully saturated rings. The molecule has 0 aromatic heterocycles. The Morgan fingerprint density at radius 2 is 1.73 bits per heavy atom. The van der Waals surface area contributed by atoms with Gasteiger partial charge in [-0.05, 0) is 24.3 Å². The van der Waals surface area contributed by atoms with Crippen LogP contribution in [0.5, 0.6) is 0 Å². The van der Waals surface area contributed by atoms with Crippen molar-refractivity contribution in [1.29, 1.82) is 0 Å². The van der Waals surface area contributed by atoms with Crippen LogP contribution in [0.1, 0.15) is 34.6 Å². The first-order valence-corrected chi connectivity index (χ1v) is 5.56. The molecule has 1 heteroatoms. The smallest absolute Gasteiger partial charge is 0.0463 e. The molecule has 84 valence electrons. The first-order chi connectivity index (χ1) is 7.04. The number of nitrogens with zero attached hydrogens (tertiary/aromatic N) is 1. The van der Waals surface area contributed by atoms with Gasteiger partial charge >= 0.3 is 0 Å². The fourth-order valence-electron chi connectivity index (χ4n) is 1.43. The first kappa shape index (κ1) is 13.9. The van der Waals surface area contributed by atoms with Gasteiger partial charge in [-0.3, -0.25) is 4.99 Å². The molecular formula is C14H23N. The van der Waals surface area contributed by atoms with Crippen LogP contribution >= 0.6 is 0 Å². The average Bonchev–Trinajstić information content (AvgIpc) is 2.16. The standard InChI is InChI=1S/C14H23N/c1-7-9-10-13(11(3)4)14(12(5)6)15-8-2/h7-12H,2H2,1,3-6H3/b9-7-,13-10-,15-14?. The molecule has 0 heterocycles. The van der Waals surface area contributed by atoms with Crippen LogP contribution in [0, 0.1) is 11.8 Å². The van der Waals surface area contributed by atoms with Gasteiger partial charge in [0.1, 0.15) is 0 Å². The van der Waals surface area contributed by atoms with Crippen molar-refractivity contribution < 1.29 is 0 Å². The molecule has 0 aromatic rings. The zero-order valence-corrected chi connectivity index (χ0v) is 10.6. The van der Waals surface area contributed by atoms with Crippen LogP contribution in [0.2, 0.25) is 0 Å². The predicted octanol–water partition coefficient (Wildman–Crippen LogP) is 4.39. The second-order valence-electron chi connectivity index (χ2n) is 4.15. The van der Waals surface area contributed by atoms with E-state index in [-0.39, 0.29) is 0 Å². The lowest BCUT2D eigenvalue weighted by Gasteiger charge is -2.16. The summed E-state index contributed by atoms with van der Waals surface area (Å²) < 4.78 is 0. The molecule has 15 heavy (non-hydrogen) atoms. The number of allylic oxidation sites excluding steroid dienone is 4. The second kappa shape index (κ2) is 7.22. The molecule has 0 rings (SSSR count). The fourth-order valence-corrected chi connectivity index (χ4v) is 1.43. The van der Waals surface area contributed by atoms with E-state index in [9.17, 15) is 0 Å². The van der Waals surface area contributed by atoms with Crippen LogP contribution in [0.3, 0.4) is 0 Å². The Hall–Kier alpha value is -1.11. The summed E-state index contributed by atoms with van der Waals surface area (Å²) in [5.41, 5.74) is 2.43. The summed E-state index contributed by atoms with van der Waals surface area (Å²) in [6.45, 7) is 14.4. The zero-order chi connectivity index (χ0) is 11.8. The van der Waals surface area contributed by atoms with Gasteiger partial charge in [-0.25, -0.2) is 0 Å². The van der Waals surface area contributed by atoms with E-state index in [2.05, 4.69) is 51.4 Å². The molecule has 0 aliphatic carbocycles. The summed E-state index contributed by atoms with van der Waals surface area (Å²) in [6, 6.07) is 0. The predicted molar refractivity (Wildman–Crippen MR) is 70.2 cm³/mol. The molecule has 0 atom stereocenters. The Morgan fingerprint density at radius 3 is 2.07 bits per heavy atom. The number of hydrogen-bond acceptors (Lipinski definition) is 1. The highest BCUT2D eigenvalue weighted by molar-refractivity contribution is 6.02. The van der Waals surface area contributed by atoms with Crippen molar-refractivity contribution in [1.82, 2.24) is 0 Å². The molecule has 0 amide bonds. The third-order valence-electron chi connectivity index (χ3n) is 2.16. The third kappa shape index (κ3) is 4.78. The lowest BCUT2D eigenvalue weighted by Crippen LogP contribution is -2.14. The molecule has 1 nitrogen and oxygen atoms in total. The van der Waals surface area contributed by atoms with Crippen LogP contribution in [-0.2, 0) is 0 Å². The average molecular weight is 205 g/mol. The quantitative estimate of drug-likeness (QED) is 0.466. The highest BCUT2D eigenvalue weighted by atomic mass is 14.7. The van der Waals surface area contributed by atoms with Gasteiger partial charge in [0, 0.05) is 11.9 Å². The van der Waals surface area contributed by atoms with Gasteiger partial charge in [0.05, 0.1) is 0 Å². The molecule has 0 aliphatic rings. The monoisotopic (exact) mass is 205 g/mol. The molecule has 0 aromatic carbocycles. The summed E-state index contributed by atoms with van der Waals surface area (Å²) in [6.07, 6.45) is 7.87. The van der Waals surface area contributed by atoms with E-state index in [0.29, 0.717) is 11.8 Å². The molecule has 0 spiro atoms. The maximum absolute atomic E-state index is 4.38. The van der Waals surface area contributed by atoms with Crippen molar-refractivity contribution in [2.45, 2.75) is 34.6 Å². The normalized spacial score (nSPS) is 14.3. The van der Waals surface area contributed by atoms with E-state index < -0.39 is 0 Å². The maximum atomic E-state index is 4.38. The SMILES string of the molecule is C=CN=C(/C(=C\C=C/C)C(C)C)C(C)C. The van der Waals surface area contributed by atoms with Crippen molar-refractivity contribution >= 4 is 5.71 Å². The Labute approximate surface area is 94.3 Å². The van der Waals surface area contributed by atoms with E-state index in [1.165, 1.54) is 5.57 Å². The van der Waals surface area contributed by atoms with Crippen molar-refractivity contribution in [3.63, 3.8) is 0 Å². The molecule has 0 unspecified atom stereocenters. The minimum atomic E-state index is 0.432. The summed E-state index contributed by atoms with van der Waals surface area (Å²) >= 11 is 0. The molecule has 0 N–H and O–H groups in total. The van der Waals surface area contributed by atoms with Gasteiger partial charge in [-0.1, -0.05) is 52.5 Å². The van der Waals surface area contributed by atoms with Gasteiger partial charge in [0.15, 0.2) is 0 Å². The van der Waals surface area contributed by atoms with Gasteiger partial charge in [0.25, 0.3) is 0 Å². The van der Waals surface area contributed by atoms with Crippen molar-refractivity contribution in [3.8, 4) is 0 Å². The van der Waals surface area contributed by atoms with E-state index in [1.807, 2.05) is 13.0 Å². The highest BCUT2D eigenvalue weighted by Crippen LogP contribution is 2.17. The summed E-state index contributed by atoms with van der Waals surface area (Å²) in [7, 11) is 0. The fraction of sp³-hybridized carbons (Fsp3) is 0.500. The molecular weight excluding hydrogens is 182 g/mol. The lowest BCUT2D eigenvalue weighted by atomic mass is 9.91. The van der Waals surface area contributed by atoms with Crippen LogP contribution in [0.15, 0.2) is 41.6 Å².